The number of ether oxygens (including phenoxy) is 1. The molecule has 3 aliphatic rings. The number of likely N-dealkylation sites (N-methyl/N-ethyl adjacent to an activating group) is 1. The fourth-order valence-corrected chi connectivity index (χ4v) is 4.80. The summed E-state index contributed by atoms with van der Waals surface area (Å²) in [5.74, 6) is -0.213. The van der Waals surface area contributed by atoms with Crippen molar-refractivity contribution in [3.8, 4) is 0 Å². The molecule has 3 aliphatic heterocycles. The molecule has 156 valence electrons. The van der Waals surface area contributed by atoms with Gasteiger partial charge in [0.1, 0.15) is 0 Å². The van der Waals surface area contributed by atoms with E-state index in [1.165, 1.54) is 0 Å². The number of hydrogen-bond acceptors (Lipinski definition) is 5. The molecule has 1 spiro atoms. The normalized spacial score (nSPS) is 23.5. The molecule has 0 aliphatic carbocycles. The molecule has 1 fully saturated rings. The molecule has 0 unspecified atom stereocenters. The van der Waals surface area contributed by atoms with E-state index >= 15 is 0 Å². The highest BCUT2D eigenvalue weighted by Gasteiger charge is 2.58. The van der Waals surface area contributed by atoms with Gasteiger partial charge in [-0.3, -0.25) is 14.5 Å². The summed E-state index contributed by atoms with van der Waals surface area (Å²) in [4.78, 5) is 33.3. The summed E-state index contributed by atoms with van der Waals surface area (Å²) in [6.45, 7) is 6.74. The van der Waals surface area contributed by atoms with Crippen LogP contribution in [0.5, 0.6) is 0 Å². The highest BCUT2D eigenvalue weighted by Crippen LogP contribution is 2.47. The van der Waals surface area contributed by atoms with Crippen molar-refractivity contribution < 1.29 is 14.3 Å². The SMILES string of the molecule is CCN1C(=O)[C@@]2(Nc3ccccc3C(=O)N2CCN2CCOCC2)c2ccccc21. The maximum Gasteiger partial charge on any atom is 0.278 e. The zero-order valence-electron chi connectivity index (χ0n) is 17.1. The summed E-state index contributed by atoms with van der Waals surface area (Å²) in [6.07, 6.45) is 0. The number of nitrogens with one attached hydrogen (secondary N) is 1. The Hall–Kier alpha value is -2.90. The van der Waals surface area contributed by atoms with E-state index < -0.39 is 5.66 Å². The van der Waals surface area contributed by atoms with Crippen LogP contribution in [-0.4, -0.2) is 67.6 Å². The largest absolute Gasteiger partial charge is 0.379 e. The van der Waals surface area contributed by atoms with Crippen LogP contribution in [0.1, 0.15) is 22.8 Å². The molecule has 0 bridgehead atoms. The van der Waals surface area contributed by atoms with Gasteiger partial charge in [0, 0.05) is 44.0 Å². The Morgan fingerprint density at radius 2 is 1.73 bits per heavy atom. The van der Waals surface area contributed by atoms with Gasteiger partial charge < -0.3 is 19.9 Å². The number of carbonyl (C=O) groups is 2. The van der Waals surface area contributed by atoms with E-state index in [0.717, 1.165) is 24.3 Å². The number of fused-ring (bicyclic) bond motifs is 3. The van der Waals surface area contributed by atoms with E-state index in [9.17, 15) is 9.59 Å². The maximum absolute atomic E-state index is 13.8. The molecule has 0 radical (unpaired) electrons. The second kappa shape index (κ2) is 7.41. The van der Waals surface area contributed by atoms with Crippen molar-refractivity contribution in [1.29, 1.82) is 0 Å². The molecule has 2 aromatic rings. The van der Waals surface area contributed by atoms with Crippen LogP contribution in [0.25, 0.3) is 0 Å². The van der Waals surface area contributed by atoms with Gasteiger partial charge in [-0.2, -0.15) is 0 Å². The summed E-state index contributed by atoms with van der Waals surface area (Å²) < 4.78 is 5.45. The number of amides is 2. The van der Waals surface area contributed by atoms with Gasteiger partial charge in [0.05, 0.1) is 24.5 Å². The average Bonchev–Trinajstić information content (AvgIpc) is 3.02. The van der Waals surface area contributed by atoms with Gasteiger partial charge in [0.15, 0.2) is 0 Å². The quantitative estimate of drug-likeness (QED) is 0.843. The first-order chi connectivity index (χ1) is 14.7. The third-order valence-corrected chi connectivity index (χ3v) is 6.32. The molecule has 0 aromatic heterocycles. The van der Waals surface area contributed by atoms with Gasteiger partial charge in [0.25, 0.3) is 11.8 Å². The lowest BCUT2D eigenvalue weighted by atomic mass is 9.93. The number of carbonyl (C=O) groups excluding carboxylic acids is 2. The summed E-state index contributed by atoms with van der Waals surface area (Å²) in [6, 6.07) is 15.2. The lowest BCUT2D eigenvalue weighted by molar-refractivity contribution is -0.127. The lowest BCUT2D eigenvalue weighted by Crippen LogP contribution is -2.63. The van der Waals surface area contributed by atoms with Crippen molar-refractivity contribution in [1.82, 2.24) is 9.80 Å². The average molecular weight is 406 g/mol. The summed E-state index contributed by atoms with van der Waals surface area (Å²) >= 11 is 0. The fraction of sp³-hybridized carbons (Fsp3) is 0.391. The molecule has 0 saturated carbocycles. The smallest absolute Gasteiger partial charge is 0.278 e. The third kappa shape index (κ3) is 2.73. The standard InChI is InChI=1S/C23H26N4O3/c1-2-26-20-10-6-4-8-18(20)23(22(26)29)24-19-9-5-3-7-17(19)21(28)27(23)12-11-25-13-15-30-16-14-25/h3-10,24H,2,11-16H2,1H3/t23-/m1/s1. The molecular weight excluding hydrogens is 380 g/mol. The molecule has 30 heavy (non-hydrogen) atoms. The molecule has 3 heterocycles. The van der Waals surface area contributed by atoms with E-state index in [2.05, 4.69) is 10.2 Å². The topological polar surface area (TPSA) is 65.1 Å². The van der Waals surface area contributed by atoms with Gasteiger partial charge in [-0.25, -0.2) is 0 Å². The number of hydrogen-bond donors (Lipinski definition) is 1. The predicted molar refractivity (Wildman–Crippen MR) is 115 cm³/mol. The van der Waals surface area contributed by atoms with Crippen molar-refractivity contribution >= 4 is 23.2 Å². The summed E-state index contributed by atoms with van der Waals surface area (Å²) in [7, 11) is 0. The van der Waals surface area contributed by atoms with Crippen LogP contribution in [0.4, 0.5) is 11.4 Å². The summed E-state index contributed by atoms with van der Waals surface area (Å²) in [5.41, 5.74) is 1.78. The fourth-order valence-electron chi connectivity index (χ4n) is 4.80. The number of benzene rings is 2. The van der Waals surface area contributed by atoms with Gasteiger partial charge in [-0.05, 0) is 25.1 Å². The van der Waals surface area contributed by atoms with Crippen LogP contribution in [0.15, 0.2) is 48.5 Å². The van der Waals surface area contributed by atoms with Crippen LogP contribution in [0, 0.1) is 0 Å². The van der Waals surface area contributed by atoms with Crippen molar-refractivity contribution in [2.45, 2.75) is 12.6 Å². The van der Waals surface area contributed by atoms with Crippen molar-refractivity contribution in [3.63, 3.8) is 0 Å². The van der Waals surface area contributed by atoms with E-state index in [-0.39, 0.29) is 11.8 Å². The lowest BCUT2D eigenvalue weighted by Gasteiger charge is -2.45. The van der Waals surface area contributed by atoms with Gasteiger partial charge in [0.2, 0.25) is 5.66 Å². The Balaban J connectivity index is 1.60. The molecule has 1 atom stereocenters. The Morgan fingerprint density at radius 3 is 2.53 bits per heavy atom. The zero-order chi connectivity index (χ0) is 20.7. The van der Waals surface area contributed by atoms with Gasteiger partial charge in [-0.1, -0.05) is 30.3 Å². The van der Waals surface area contributed by atoms with Gasteiger partial charge >= 0.3 is 0 Å². The van der Waals surface area contributed by atoms with Crippen LogP contribution in [0.3, 0.4) is 0 Å². The van der Waals surface area contributed by atoms with E-state index in [0.29, 0.717) is 44.1 Å². The predicted octanol–water partition coefficient (Wildman–Crippen LogP) is 2.11. The van der Waals surface area contributed by atoms with Crippen LogP contribution in [-0.2, 0) is 15.2 Å². The summed E-state index contributed by atoms with van der Waals surface area (Å²) in [5, 5.41) is 3.48. The molecule has 7 nitrogen and oxygen atoms in total. The van der Waals surface area contributed by atoms with Gasteiger partial charge in [-0.15, -0.1) is 0 Å². The molecule has 1 N–H and O–H groups in total. The molecule has 2 aromatic carbocycles. The van der Waals surface area contributed by atoms with Crippen LogP contribution < -0.4 is 10.2 Å². The Kier molecular flexibility index (Phi) is 4.72. The molecule has 5 rings (SSSR count). The second-order valence-corrected chi connectivity index (χ2v) is 7.86. The highest BCUT2D eigenvalue weighted by atomic mass is 16.5. The third-order valence-electron chi connectivity index (χ3n) is 6.32. The number of rotatable bonds is 4. The van der Waals surface area contributed by atoms with Crippen molar-refractivity contribution in [2.75, 3.05) is 56.2 Å². The molecule has 2 amide bonds. The van der Waals surface area contributed by atoms with E-state index in [1.807, 2.05) is 55.5 Å². The van der Waals surface area contributed by atoms with E-state index in [1.54, 1.807) is 9.80 Å². The minimum absolute atomic E-state index is 0.101. The maximum atomic E-state index is 13.8. The molecule has 1 saturated heterocycles. The molecular formula is C23H26N4O3. The number of anilines is 2. The first-order valence-electron chi connectivity index (χ1n) is 10.6. The number of morpholine rings is 1. The minimum Gasteiger partial charge on any atom is -0.379 e. The number of nitrogens with zero attached hydrogens (tertiary/aromatic N) is 3. The monoisotopic (exact) mass is 406 g/mol. The molecule has 7 heteroatoms. The zero-order valence-corrected chi connectivity index (χ0v) is 17.1. The second-order valence-electron chi connectivity index (χ2n) is 7.86. The first kappa shape index (κ1) is 19.1. The van der Waals surface area contributed by atoms with Crippen molar-refractivity contribution in [3.05, 3.63) is 59.7 Å². The van der Waals surface area contributed by atoms with E-state index in [4.69, 9.17) is 4.74 Å². The Labute approximate surface area is 176 Å². The Morgan fingerprint density at radius 1 is 1.00 bits per heavy atom. The van der Waals surface area contributed by atoms with Crippen molar-refractivity contribution in [2.24, 2.45) is 0 Å². The Bertz CT molecular complexity index is 988. The number of para-hydroxylation sites is 2. The van der Waals surface area contributed by atoms with Crippen LogP contribution >= 0.6 is 0 Å². The minimum atomic E-state index is -1.22. The van der Waals surface area contributed by atoms with Crippen LogP contribution in [0.2, 0.25) is 0 Å². The first-order valence-corrected chi connectivity index (χ1v) is 10.6. The highest BCUT2D eigenvalue weighted by molar-refractivity contribution is 6.15.